The van der Waals surface area contributed by atoms with Gasteiger partial charge < -0.3 is 0 Å². The maximum atomic E-state index is 2.12. The third-order valence-electron chi connectivity index (χ3n) is 4.28. The molecule has 0 atom stereocenters. The van der Waals surface area contributed by atoms with E-state index in [0.29, 0.717) is 0 Å². The van der Waals surface area contributed by atoms with Gasteiger partial charge >= 0.3 is 0 Å². The summed E-state index contributed by atoms with van der Waals surface area (Å²) in [6, 6.07) is 25.1. The second-order valence-electron chi connectivity index (χ2n) is 7.67. The van der Waals surface area contributed by atoms with Crippen molar-refractivity contribution in [1.29, 1.82) is 0 Å². The summed E-state index contributed by atoms with van der Waals surface area (Å²) < 4.78 is 0. The van der Waals surface area contributed by atoms with Crippen LogP contribution in [0.25, 0.3) is 0 Å². The summed E-state index contributed by atoms with van der Waals surface area (Å²) in [6.45, 7) is 21.2. The van der Waals surface area contributed by atoms with E-state index in [1.165, 1.54) is 46.2 Å². The average molecular weight is 407 g/mol. The maximum absolute atomic E-state index is 2.12. The first-order valence-electron chi connectivity index (χ1n) is 11.3. The molecule has 3 aromatic rings. The fraction of sp³-hybridized carbons (Fsp3) is 0.400. The summed E-state index contributed by atoms with van der Waals surface area (Å²) in [5, 5.41) is 0. The molecule has 0 nitrogen and oxygen atoms in total. The van der Waals surface area contributed by atoms with Gasteiger partial charge in [0.2, 0.25) is 0 Å². The summed E-state index contributed by atoms with van der Waals surface area (Å²) in [5.41, 5.74) is 8.21. The van der Waals surface area contributed by atoms with E-state index >= 15 is 0 Å². The topological polar surface area (TPSA) is 0 Å². The zero-order valence-electron chi connectivity index (χ0n) is 21.3. The Labute approximate surface area is 188 Å². The molecule has 0 bridgehead atoms. The van der Waals surface area contributed by atoms with Crippen LogP contribution in [0.5, 0.6) is 0 Å². The summed E-state index contributed by atoms with van der Waals surface area (Å²) in [7, 11) is 0. The van der Waals surface area contributed by atoms with E-state index in [9.17, 15) is 0 Å². The van der Waals surface area contributed by atoms with Crippen molar-refractivity contribution in [2.75, 3.05) is 0 Å². The molecule has 0 aromatic heterocycles. The molecule has 0 saturated carbocycles. The van der Waals surface area contributed by atoms with Gasteiger partial charge in [0.1, 0.15) is 0 Å². The van der Waals surface area contributed by atoms with E-state index < -0.39 is 0 Å². The lowest BCUT2D eigenvalue weighted by atomic mass is 10.1. The van der Waals surface area contributed by atoms with Crippen LogP contribution >= 0.6 is 0 Å². The Morgan fingerprint density at radius 2 is 0.433 bits per heavy atom. The van der Waals surface area contributed by atoms with Crippen LogP contribution in [0.3, 0.4) is 0 Å². The summed E-state index contributed by atoms with van der Waals surface area (Å²) >= 11 is 0. The van der Waals surface area contributed by atoms with E-state index in [1.807, 2.05) is 0 Å². The highest BCUT2D eigenvalue weighted by Gasteiger charge is 1.85. The van der Waals surface area contributed by atoms with Crippen LogP contribution in [-0.4, -0.2) is 0 Å². The fourth-order valence-corrected chi connectivity index (χ4v) is 1.99. The number of aryl methyl sites for hydroxylation is 6. The van der Waals surface area contributed by atoms with Crippen molar-refractivity contribution in [2.45, 2.75) is 82.1 Å². The molecule has 0 aliphatic carbocycles. The lowest BCUT2D eigenvalue weighted by molar-refractivity contribution is 1.09. The molecule has 0 spiro atoms. The van der Waals surface area contributed by atoms with Gasteiger partial charge in [-0.05, 0) is 74.9 Å². The Morgan fingerprint density at radius 3 is 0.500 bits per heavy atom. The minimum absolute atomic E-state index is 1.25. The van der Waals surface area contributed by atoms with E-state index in [1.54, 1.807) is 0 Å². The van der Waals surface area contributed by atoms with Crippen molar-refractivity contribution in [3.8, 4) is 0 Å². The quantitative estimate of drug-likeness (QED) is 0.348. The summed E-state index contributed by atoms with van der Waals surface area (Å²) in [5.74, 6) is 0. The second kappa shape index (κ2) is 20.0. The van der Waals surface area contributed by atoms with Crippen molar-refractivity contribution in [2.24, 2.45) is 0 Å². The molecule has 0 heterocycles. The second-order valence-corrected chi connectivity index (χ2v) is 7.67. The molecule has 0 fully saturated rings. The predicted octanol–water partition coefficient (Wildman–Crippen LogP) is 9.74. The van der Waals surface area contributed by atoms with Gasteiger partial charge in [-0.1, -0.05) is 113 Å². The van der Waals surface area contributed by atoms with Crippen molar-refractivity contribution < 1.29 is 0 Å². The van der Waals surface area contributed by atoms with Gasteiger partial charge in [-0.25, -0.2) is 0 Å². The number of benzene rings is 3. The molecule has 0 heteroatoms. The van der Waals surface area contributed by atoms with Gasteiger partial charge in [0.05, 0.1) is 0 Å². The summed E-state index contributed by atoms with van der Waals surface area (Å²) in [4.78, 5) is 0. The Morgan fingerprint density at radius 1 is 0.333 bits per heavy atom. The van der Waals surface area contributed by atoms with Crippen molar-refractivity contribution >= 4 is 0 Å². The fourth-order valence-electron chi connectivity index (χ4n) is 1.99. The molecule has 0 unspecified atom stereocenters. The predicted molar refractivity (Wildman–Crippen MR) is 140 cm³/mol. The lowest BCUT2D eigenvalue weighted by Crippen LogP contribution is -1.74. The first-order valence-corrected chi connectivity index (χ1v) is 11.3. The molecule has 0 radical (unpaired) electrons. The van der Waals surface area contributed by atoms with Gasteiger partial charge in [-0.2, -0.15) is 0 Å². The summed E-state index contributed by atoms with van der Waals surface area (Å²) in [6.07, 6.45) is 2.50. The monoisotopic (exact) mass is 406 g/mol. The van der Waals surface area contributed by atoms with E-state index in [2.05, 4.69) is 142 Å². The number of rotatable bonds is 0. The molecule has 30 heavy (non-hydrogen) atoms. The normalized spacial score (nSPS) is 8.60. The SMILES string of the molecule is CCC.CCC.Cc1ccccc1C.Cc1ccccc1C.Cc1ccccc1C. The van der Waals surface area contributed by atoms with Crippen LogP contribution < -0.4 is 0 Å². The van der Waals surface area contributed by atoms with Gasteiger partial charge in [0, 0.05) is 0 Å². The largest absolute Gasteiger partial charge is 0.0656 e. The van der Waals surface area contributed by atoms with Crippen LogP contribution in [0.4, 0.5) is 0 Å². The number of hydrogen-bond donors (Lipinski definition) is 0. The van der Waals surface area contributed by atoms with Gasteiger partial charge in [-0.3, -0.25) is 0 Å². The highest BCUT2D eigenvalue weighted by Crippen LogP contribution is 2.04. The third-order valence-corrected chi connectivity index (χ3v) is 4.28. The van der Waals surface area contributed by atoms with Crippen LogP contribution in [0, 0.1) is 41.5 Å². The molecule has 0 amide bonds. The Balaban J connectivity index is 0. The molecule has 3 aromatic carbocycles. The first-order chi connectivity index (χ1) is 14.2. The molecule has 0 saturated heterocycles. The molecule has 0 aliphatic rings. The van der Waals surface area contributed by atoms with Crippen LogP contribution in [0.1, 0.15) is 73.9 Å². The standard InChI is InChI=1S/3C8H10.2C3H8/c3*1-7-5-3-4-6-8(7)2;2*1-3-2/h3*3-6H,1-2H3;2*3H2,1-2H3. The lowest BCUT2D eigenvalue weighted by Gasteiger charge is -1.93. The van der Waals surface area contributed by atoms with E-state index in [-0.39, 0.29) is 0 Å². The Kier molecular flexibility index (Phi) is 19.9. The number of hydrogen-bond acceptors (Lipinski definition) is 0. The highest BCUT2D eigenvalue weighted by atomic mass is 13.9. The smallest absolute Gasteiger partial charge is 0.0395 e. The van der Waals surface area contributed by atoms with Gasteiger partial charge in [-0.15, -0.1) is 0 Å². The van der Waals surface area contributed by atoms with Gasteiger partial charge in [0.15, 0.2) is 0 Å². The van der Waals surface area contributed by atoms with Crippen LogP contribution in [0.15, 0.2) is 72.8 Å². The molecule has 3 rings (SSSR count). The minimum atomic E-state index is 1.25. The first kappa shape index (κ1) is 29.9. The van der Waals surface area contributed by atoms with Crippen molar-refractivity contribution in [3.05, 3.63) is 106 Å². The molecular formula is C30H46. The van der Waals surface area contributed by atoms with Crippen LogP contribution in [-0.2, 0) is 0 Å². The van der Waals surface area contributed by atoms with E-state index in [4.69, 9.17) is 0 Å². The van der Waals surface area contributed by atoms with E-state index in [0.717, 1.165) is 0 Å². The van der Waals surface area contributed by atoms with Crippen molar-refractivity contribution in [1.82, 2.24) is 0 Å². The molecule has 166 valence electrons. The Hall–Kier alpha value is -2.34. The van der Waals surface area contributed by atoms with Crippen molar-refractivity contribution in [3.63, 3.8) is 0 Å². The zero-order valence-corrected chi connectivity index (χ0v) is 21.3. The minimum Gasteiger partial charge on any atom is -0.0656 e. The average Bonchev–Trinajstić information content (AvgIpc) is 2.71. The van der Waals surface area contributed by atoms with Crippen LogP contribution in [0.2, 0.25) is 0 Å². The Bertz CT molecular complexity index is 600. The third kappa shape index (κ3) is 16.6. The highest BCUT2D eigenvalue weighted by molar-refractivity contribution is 5.24. The molecule has 0 N–H and O–H groups in total. The maximum Gasteiger partial charge on any atom is -0.0395 e. The molecular weight excluding hydrogens is 360 g/mol. The zero-order chi connectivity index (χ0) is 23.4. The van der Waals surface area contributed by atoms with Gasteiger partial charge in [0.25, 0.3) is 0 Å². The molecule has 0 aliphatic heterocycles.